The topological polar surface area (TPSA) is 35.6 Å². The van der Waals surface area contributed by atoms with Gasteiger partial charge in [-0.3, -0.25) is 0 Å². The first kappa shape index (κ1) is 15.2. The summed E-state index contributed by atoms with van der Waals surface area (Å²) < 4.78 is 4.58. The van der Waals surface area contributed by atoms with E-state index < -0.39 is 0 Å². The van der Waals surface area contributed by atoms with Crippen molar-refractivity contribution in [1.82, 2.24) is 19.3 Å². The van der Waals surface area contributed by atoms with Crippen LogP contribution in [0.3, 0.4) is 0 Å². The summed E-state index contributed by atoms with van der Waals surface area (Å²) in [5, 5.41) is 9.18. The zero-order valence-corrected chi connectivity index (χ0v) is 14.4. The van der Waals surface area contributed by atoms with Crippen LogP contribution in [0.15, 0.2) is 54.9 Å². The Morgan fingerprint density at radius 3 is 2.38 bits per heavy atom. The van der Waals surface area contributed by atoms with Gasteiger partial charge in [0.2, 0.25) is 0 Å². The summed E-state index contributed by atoms with van der Waals surface area (Å²) in [5.74, 6) is 2.82. The van der Waals surface area contributed by atoms with Crippen LogP contribution >= 0.6 is 0 Å². The van der Waals surface area contributed by atoms with Crippen molar-refractivity contribution in [3.8, 4) is 0 Å². The van der Waals surface area contributed by atoms with Gasteiger partial charge in [-0.25, -0.2) is 0 Å². The second-order valence-corrected chi connectivity index (χ2v) is 7.19. The quantitative estimate of drug-likeness (QED) is 0.688. The molecule has 4 nitrogen and oxygen atoms in total. The number of aryl methyl sites for hydroxylation is 1. The molecule has 2 aromatic heterocycles. The molecule has 4 rings (SSSR count). The molecule has 0 spiro atoms. The fraction of sp³-hybridized carbons (Fsp3) is 0.400. The van der Waals surface area contributed by atoms with Gasteiger partial charge in [-0.1, -0.05) is 30.3 Å². The molecule has 24 heavy (non-hydrogen) atoms. The predicted molar refractivity (Wildman–Crippen MR) is 95.0 cm³/mol. The van der Waals surface area contributed by atoms with Crippen LogP contribution in [0.25, 0.3) is 0 Å². The molecular weight excluding hydrogens is 296 g/mol. The lowest BCUT2D eigenvalue weighted by Crippen LogP contribution is -2.31. The van der Waals surface area contributed by atoms with Crippen molar-refractivity contribution in [2.75, 3.05) is 0 Å². The third-order valence-electron chi connectivity index (χ3n) is 4.99. The SMILES string of the molecule is CC(C)(c1nnc(C2CC2)n1CCc1ccccc1)n1cccc1. The van der Waals surface area contributed by atoms with Crippen molar-refractivity contribution < 1.29 is 0 Å². The zero-order valence-electron chi connectivity index (χ0n) is 14.4. The molecule has 1 fully saturated rings. The van der Waals surface area contributed by atoms with Crippen LogP contribution in [0.2, 0.25) is 0 Å². The molecule has 0 saturated heterocycles. The molecule has 3 aromatic rings. The van der Waals surface area contributed by atoms with Gasteiger partial charge < -0.3 is 9.13 Å². The number of aromatic nitrogens is 4. The van der Waals surface area contributed by atoms with E-state index in [1.54, 1.807) is 0 Å². The molecule has 1 aliphatic rings. The highest BCUT2D eigenvalue weighted by atomic mass is 15.3. The van der Waals surface area contributed by atoms with E-state index in [1.165, 1.54) is 24.2 Å². The summed E-state index contributed by atoms with van der Waals surface area (Å²) in [6.45, 7) is 5.36. The molecule has 0 radical (unpaired) electrons. The summed E-state index contributed by atoms with van der Waals surface area (Å²) in [7, 11) is 0. The number of benzene rings is 1. The Morgan fingerprint density at radius 1 is 1.00 bits per heavy atom. The summed E-state index contributed by atoms with van der Waals surface area (Å²) in [6, 6.07) is 14.8. The van der Waals surface area contributed by atoms with Gasteiger partial charge in [-0.05, 0) is 50.8 Å². The maximum absolute atomic E-state index is 4.61. The fourth-order valence-corrected chi connectivity index (χ4v) is 3.34. The summed E-state index contributed by atoms with van der Waals surface area (Å²) in [5.41, 5.74) is 1.15. The van der Waals surface area contributed by atoms with E-state index >= 15 is 0 Å². The number of nitrogens with zero attached hydrogens (tertiary/aromatic N) is 4. The van der Waals surface area contributed by atoms with Gasteiger partial charge in [0, 0.05) is 24.9 Å². The highest BCUT2D eigenvalue weighted by Crippen LogP contribution is 2.40. The molecule has 1 saturated carbocycles. The van der Waals surface area contributed by atoms with Crippen LogP contribution in [-0.2, 0) is 18.5 Å². The summed E-state index contributed by atoms with van der Waals surface area (Å²) >= 11 is 0. The van der Waals surface area contributed by atoms with Crippen molar-refractivity contribution in [3.63, 3.8) is 0 Å². The van der Waals surface area contributed by atoms with Crippen molar-refractivity contribution in [2.24, 2.45) is 0 Å². The van der Waals surface area contributed by atoms with Crippen molar-refractivity contribution in [2.45, 2.75) is 51.1 Å². The minimum atomic E-state index is -0.208. The molecule has 124 valence electrons. The minimum Gasteiger partial charge on any atom is -0.342 e. The molecule has 0 amide bonds. The molecule has 1 aliphatic carbocycles. The molecule has 0 atom stereocenters. The Bertz CT molecular complexity index is 796. The second-order valence-electron chi connectivity index (χ2n) is 7.19. The molecule has 0 bridgehead atoms. The maximum atomic E-state index is 4.61. The summed E-state index contributed by atoms with van der Waals surface area (Å²) in [6.07, 6.45) is 7.70. The Morgan fingerprint density at radius 2 is 1.71 bits per heavy atom. The number of hydrogen-bond acceptors (Lipinski definition) is 2. The Kier molecular flexibility index (Phi) is 3.75. The van der Waals surface area contributed by atoms with Gasteiger partial charge in [0.1, 0.15) is 5.82 Å². The largest absolute Gasteiger partial charge is 0.342 e. The van der Waals surface area contributed by atoms with Crippen LogP contribution in [0.4, 0.5) is 0 Å². The van der Waals surface area contributed by atoms with Crippen LogP contribution in [0.5, 0.6) is 0 Å². The van der Waals surface area contributed by atoms with E-state index in [1.807, 2.05) is 0 Å². The average molecular weight is 320 g/mol. The van der Waals surface area contributed by atoms with Gasteiger partial charge in [0.25, 0.3) is 0 Å². The van der Waals surface area contributed by atoms with Crippen molar-refractivity contribution in [3.05, 3.63) is 72.1 Å². The van der Waals surface area contributed by atoms with Gasteiger partial charge in [0.05, 0.1) is 5.54 Å². The van der Waals surface area contributed by atoms with E-state index in [-0.39, 0.29) is 5.54 Å². The Labute approximate surface area is 143 Å². The summed E-state index contributed by atoms with van der Waals surface area (Å²) in [4.78, 5) is 0. The third kappa shape index (κ3) is 2.77. The molecule has 1 aromatic carbocycles. The van der Waals surface area contributed by atoms with Crippen molar-refractivity contribution >= 4 is 0 Å². The monoisotopic (exact) mass is 320 g/mol. The number of rotatable bonds is 6. The molecule has 0 unspecified atom stereocenters. The predicted octanol–water partition coefficient (Wildman–Crippen LogP) is 3.98. The van der Waals surface area contributed by atoms with E-state index in [0.717, 1.165) is 18.8 Å². The zero-order chi connectivity index (χ0) is 16.6. The minimum absolute atomic E-state index is 0.208. The fourth-order valence-electron chi connectivity index (χ4n) is 3.34. The molecule has 4 heteroatoms. The van der Waals surface area contributed by atoms with E-state index in [4.69, 9.17) is 0 Å². The van der Waals surface area contributed by atoms with E-state index in [0.29, 0.717) is 5.92 Å². The molecule has 0 N–H and O–H groups in total. The lowest BCUT2D eigenvalue weighted by molar-refractivity contribution is 0.386. The van der Waals surface area contributed by atoms with Crippen LogP contribution in [0, 0.1) is 0 Å². The van der Waals surface area contributed by atoms with Gasteiger partial charge in [-0.15, -0.1) is 10.2 Å². The first-order valence-electron chi connectivity index (χ1n) is 8.77. The van der Waals surface area contributed by atoms with E-state index in [2.05, 4.69) is 88.0 Å². The lowest BCUT2D eigenvalue weighted by atomic mass is 10.0. The van der Waals surface area contributed by atoms with Gasteiger partial charge in [0.15, 0.2) is 5.82 Å². The molecule has 0 aliphatic heterocycles. The lowest BCUT2D eigenvalue weighted by Gasteiger charge is -2.27. The highest BCUT2D eigenvalue weighted by molar-refractivity contribution is 5.18. The van der Waals surface area contributed by atoms with Crippen LogP contribution in [0.1, 0.15) is 49.8 Å². The second kappa shape index (κ2) is 5.93. The van der Waals surface area contributed by atoms with Gasteiger partial charge >= 0.3 is 0 Å². The van der Waals surface area contributed by atoms with Gasteiger partial charge in [-0.2, -0.15) is 0 Å². The van der Waals surface area contributed by atoms with Crippen LogP contribution < -0.4 is 0 Å². The third-order valence-corrected chi connectivity index (χ3v) is 4.99. The Hall–Kier alpha value is -2.36. The molecular formula is C20H24N4. The van der Waals surface area contributed by atoms with E-state index in [9.17, 15) is 0 Å². The van der Waals surface area contributed by atoms with Crippen LogP contribution in [-0.4, -0.2) is 19.3 Å². The molecule has 2 heterocycles. The smallest absolute Gasteiger partial charge is 0.158 e. The highest BCUT2D eigenvalue weighted by Gasteiger charge is 2.35. The van der Waals surface area contributed by atoms with Crippen molar-refractivity contribution in [1.29, 1.82) is 0 Å². The Balaban J connectivity index is 1.67. The normalized spacial score (nSPS) is 14.9. The average Bonchev–Trinajstić information content (AvgIpc) is 3.12. The number of hydrogen-bond donors (Lipinski definition) is 0. The maximum Gasteiger partial charge on any atom is 0.158 e. The first-order chi connectivity index (χ1) is 11.7. The standard InChI is InChI=1S/C20H24N4/c1-20(2,23-13-6-7-14-23)19-22-21-18(17-10-11-17)24(19)15-12-16-8-4-3-5-9-16/h3-9,13-14,17H,10-12,15H2,1-2H3. The first-order valence-corrected chi connectivity index (χ1v) is 8.77.